The predicted octanol–water partition coefficient (Wildman–Crippen LogP) is 3.46. The van der Waals surface area contributed by atoms with E-state index in [0.717, 1.165) is 10.9 Å². The molecular weight excluding hydrogens is 314 g/mol. The zero-order valence-electron chi connectivity index (χ0n) is 12.0. The van der Waals surface area contributed by atoms with Gasteiger partial charge in [-0.15, -0.1) is 0 Å². The summed E-state index contributed by atoms with van der Waals surface area (Å²) in [5.41, 5.74) is 9.08. The Labute approximate surface area is 136 Å². The van der Waals surface area contributed by atoms with Gasteiger partial charge in [-0.3, -0.25) is 9.79 Å². The van der Waals surface area contributed by atoms with E-state index in [9.17, 15) is 4.79 Å². The SMILES string of the molecule is Nc1cccc(C2=NCC(=O)Nc3c2oc2cc(Cl)ccc32)c1. The van der Waals surface area contributed by atoms with E-state index >= 15 is 0 Å². The van der Waals surface area contributed by atoms with Crippen LogP contribution >= 0.6 is 11.6 Å². The summed E-state index contributed by atoms with van der Waals surface area (Å²) in [4.78, 5) is 16.4. The first-order chi connectivity index (χ1) is 11.1. The van der Waals surface area contributed by atoms with Crippen molar-refractivity contribution >= 4 is 45.6 Å². The molecule has 1 aliphatic rings. The lowest BCUT2D eigenvalue weighted by atomic mass is 10.1. The highest BCUT2D eigenvalue weighted by molar-refractivity contribution is 6.31. The topological polar surface area (TPSA) is 80.6 Å². The molecular formula is C17H12ClN3O2. The average Bonchev–Trinajstić information content (AvgIpc) is 2.76. The van der Waals surface area contributed by atoms with Crippen molar-refractivity contribution in [1.29, 1.82) is 0 Å². The summed E-state index contributed by atoms with van der Waals surface area (Å²) >= 11 is 6.02. The van der Waals surface area contributed by atoms with Gasteiger partial charge in [-0.05, 0) is 24.3 Å². The minimum absolute atomic E-state index is 0.0312. The van der Waals surface area contributed by atoms with Crippen molar-refractivity contribution in [2.75, 3.05) is 17.6 Å². The molecule has 1 aliphatic heterocycles. The highest BCUT2D eigenvalue weighted by Crippen LogP contribution is 2.35. The van der Waals surface area contributed by atoms with E-state index in [4.69, 9.17) is 21.8 Å². The number of nitrogens with two attached hydrogens (primary N) is 1. The van der Waals surface area contributed by atoms with Gasteiger partial charge in [-0.1, -0.05) is 23.7 Å². The number of rotatable bonds is 1. The fourth-order valence-corrected chi connectivity index (χ4v) is 2.83. The van der Waals surface area contributed by atoms with Crippen LogP contribution in [0, 0.1) is 0 Å². The fourth-order valence-electron chi connectivity index (χ4n) is 2.67. The van der Waals surface area contributed by atoms with E-state index in [2.05, 4.69) is 10.3 Å². The summed E-state index contributed by atoms with van der Waals surface area (Å²) in [7, 11) is 0. The summed E-state index contributed by atoms with van der Waals surface area (Å²) in [5, 5.41) is 4.21. The van der Waals surface area contributed by atoms with Crippen LogP contribution in [0.3, 0.4) is 0 Å². The molecule has 0 spiro atoms. The Kier molecular flexibility index (Phi) is 3.09. The molecule has 0 saturated carbocycles. The highest BCUT2D eigenvalue weighted by atomic mass is 35.5. The number of carbonyl (C=O) groups is 1. The van der Waals surface area contributed by atoms with Gasteiger partial charge in [-0.25, -0.2) is 0 Å². The molecule has 0 radical (unpaired) electrons. The first-order valence-corrected chi connectivity index (χ1v) is 7.42. The number of fused-ring (bicyclic) bond motifs is 3. The van der Waals surface area contributed by atoms with Crippen LogP contribution in [0.2, 0.25) is 5.02 Å². The second-order valence-electron chi connectivity index (χ2n) is 5.29. The number of anilines is 2. The van der Waals surface area contributed by atoms with Gasteiger partial charge in [0.25, 0.3) is 0 Å². The Hall–Kier alpha value is -2.79. The zero-order chi connectivity index (χ0) is 16.0. The molecule has 2 heterocycles. The Morgan fingerprint density at radius 3 is 2.91 bits per heavy atom. The Morgan fingerprint density at radius 2 is 2.09 bits per heavy atom. The van der Waals surface area contributed by atoms with Gasteiger partial charge in [0, 0.05) is 27.7 Å². The smallest absolute Gasteiger partial charge is 0.246 e. The van der Waals surface area contributed by atoms with Crippen LogP contribution in [0.4, 0.5) is 11.4 Å². The molecule has 0 saturated heterocycles. The molecule has 6 heteroatoms. The quantitative estimate of drug-likeness (QED) is 0.672. The predicted molar refractivity (Wildman–Crippen MR) is 91.2 cm³/mol. The number of nitrogens with zero attached hydrogens (tertiary/aromatic N) is 1. The third-order valence-corrected chi connectivity index (χ3v) is 3.91. The van der Waals surface area contributed by atoms with Gasteiger partial charge in [-0.2, -0.15) is 0 Å². The number of nitrogen functional groups attached to an aromatic ring is 1. The summed E-state index contributed by atoms with van der Waals surface area (Å²) in [6.07, 6.45) is 0. The average molecular weight is 326 g/mol. The summed E-state index contributed by atoms with van der Waals surface area (Å²) < 4.78 is 5.94. The van der Waals surface area contributed by atoms with Crippen LogP contribution in [-0.2, 0) is 4.79 Å². The Morgan fingerprint density at radius 1 is 1.22 bits per heavy atom. The normalized spacial score (nSPS) is 14.1. The van der Waals surface area contributed by atoms with Crippen LogP contribution in [0.5, 0.6) is 0 Å². The molecule has 3 aromatic rings. The molecule has 114 valence electrons. The number of nitrogens with one attached hydrogen (secondary N) is 1. The van der Waals surface area contributed by atoms with Crippen molar-refractivity contribution in [3.63, 3.8) is 0 Å². The van der Waals surface area contributed by atoms with Crippen molar-refractivity contribution in [3.8, 4) is 0 Å². The van der Waals surface area contributed by atoms with E-state index in [1.165, 1.54) is 0 Å². The van der Waals surface area contributed by atoms with Crippen molar-refractivity contribution in [2.45, 2.75) is 0 Å². The van der Waals surface area contributed by atoms with Crippen LogP contribution in [0.25, 0.3) is 11.0 Å². The lowest BCUT2D eigenvalue weighted by Gasteiger charge is -2.04. The van der Waals surface area contributed by atoms with Gasteiger partial charge < -0.3 is 15.5 Å². The molecule has 23 heavy (non-hydrogen) atoms. The molecule has 1 amide bonds. The van der Waals surface area contributed by atoms with E-state index in [0.29, 0.717) is 33.5 Å². The molecule has 0 atom stereocenters. The van der Waals surface area contributed by atoms with Crippen molar-refractivity contribution < 1.29 is 9.21 Å². The fraction of sp³-hybridized carbons (Fsp3) is 0.0588. The Bertz CT molecular complexity index is 975. The maximum absolute atomic E-state index is 12.0. The van der Waals surface area contributed by atoms with E-state index in [-0.39, 0.29) is 12.5 Å². The number of halogens is 1. The second kappa shape index (κ2) is 5.14. The minimum atomic E-state index is -0.192. The first kappa shape index (κ1) is 13.8. The van der Waals surface area contributed by atoms with Crippen molar-refractivity contribution in [1.82, 2.24) is 0 Å². The molecule has 5 nitrogen and oxygen atoms in total. The molecule has 0 bridgehead atoms. The van der Waals surface area contributed by atoms with Gasteiger partial charge in [0.15, 0.2) is 5.76 Å². The lowest BCUT2D eigenvalue weighted by Crippen LogP contribution is -2.13. The minimum Gasteiger partial charge on any atom is -0.452 e. The van der Waals surface area contributed by atoms with Gasteiger partial charge in [0.05, 0.1) is 5.69 Å². The van der Waals surface area contributed by atoms with Gasteiger partial charge >= 0.3 is 0 Å². The maximum atomic E-state index is 12.0. The molecule has 4 rings (SSSR count). The summed E-state index contributed by atoms with van der Waals surface area (Å²) in [5.74, 6) is 0.321. The second-order valence-corrected chi connectivity index (χ2v) is 5.72. The number of benzene rings is 2. The van der Waals surface area contributed by atoms with E-state index in [1.54, 1.807) is 24.3 Å². The molecule has 2 aromatic carbocycles. The van der Waals surface area contributed by atoms with Crippen LogP contribution in [-0.4, -0.2) is 18.2 Å². The molecule has 3 N–H and O–H groups in total. The monoisotopic (exact) mass is 325 g/mol. The number of amides is 1. The van der Waals surface area contributed by atoms with Gasteiger partial charge in [0.1, 0.15) is 17.8 Å². The number of carbonyl (C=O) groups excluding carboxylic acids is 1. The maximum Gasteiger partial charge on any atom is 0.246 e. The molecule has 0 aliphatic carbocycles. The standard InChI is InChI=1S/C17H12ClN3O2/c18-10-4-5-12-13(7-10)23-17-15(9-2-1-3-11(19)6-9)20-8-14(22)21-16(12)17/h1-7H,8,19H2,(H,21,22). The number of aliphatic imine (C=N–C) groups is 1. The van der Waals surface area contributed by atoms with Gasteiger partial charge in [0.2, 0.25) is 5.91 Å². The van der Waals surface area contributed by atoms with E-state index < -0.39 is 0 Å². The van der Waals surface area contributed by atoms with Crippen LogP contribution in [0.15, 0.2) is 51.9 Å². The summed E-state index contributed by atoms with van der Waals surface area (Å²) in [6.45, 7) is 0.0312. The van der Waals surface area contributed by atoms with Crippen LogP contribution < -0.4 is 11.1 Å². The molecule has 0 unspecified atom stereocenters. The molecule has 1 aromatic heterocycles. The number of furan rings is 1. The number of hydrogen-bond donors (Lipinski definition) is 2. The summed E-state index contributed by atoms with van der Waals surface area (Å²) in [6, 6.07) is 12.6. The van der Waals surface area contributed by atoms with Crippen LogP contribution in [0.1, 0.15) is 11.3 Å². The largest absolute Gasteiger partial charge is 0.452 e. The van der Waals surface area contributed by atoms with Crippen molar-refractivity contribution in [3.05, 3.63) is 58.8 Å². The lowest BCUT2D eigenvalue weighted by molar-refractivity contribution is -0.114. The first-order valence-electron chi connectivity index (χ1n) is 7.04. The third-order valence-electron chi connectivity index (χ3n) is 3.67. The van der Waals surface area contributed by atoms with Crippen molar-refractivity contribution in [2.24, 2.45) is 4.99 Å². The Balaban J connectivity index is 1.99. The highest BCUT2D eigenvalue weighted by Gasteiger charge is 2.24. The number of hydrogen-bond acceptors (Lipinski definition) is 4. The third kappa shape index (κ3) is 2.35. The molecule has 0 fully saturated rings. The van der Waals surface area contributed by atoms with E-state index in [1.807, 2.05) is 18.2 Å². The zero-order valence-corrected chi connectivity index (χ0v) is 12.7.